The number of rotatable bonds is 3. The Morgan fingerprint density at radius 3 is 2.63 bits per heavy atom. The number of carboxylic acid groups (broad SMARTS) is 1. The number of hydrogen-bond donors (Lipinski definition) is 2. The van der Waals surface area contributed by atoms with E-state index in [2.05, 4.69) is 4.98 Å². The van der Waals surface area contributed by atoms with Gasteiger partial charge < -0.3 is 10.1 Å². The molecule has 3 aromatic rings. The van der Waals surface area contributed by atoms with Crippen LogP contribution in [0.4, 0.5) is 0 Å². The zero-order valence-corrected chi connectivity index (χ0v) is 11.4. The topological polar surface area (TPSA) is 53.1 Å². The Morgan fingerprint density at radius 1 is 1.26 bits per heavy atom. The van der Waals surface area contributed by atoms with Crippen molar-refractivity contribution in [2.24, 2.45) is 0 Å². The number of halogens is 1. The Bertz CT molecular complexity index is 711. The molecule has 3 rings (SSSR count). The number of aromatic nitrogens is 1. The molecule has 0 aliphatic carbocycles. The van der Waals surface area contributed by atoms with Crippen LogP contribution >= 0.6 is 22.9 Å². The predicted molar refractivity (Wildman–Crippen MR) is 77.4 cm³/mol. The van der Waals surface area contributed by atoms with Crippen LogP contribution in [0.3, 0.4) is 0 Å². The highest BCUT2D eigenvalue weighted by Crippen LogP contribution is 2.28. The molecule has 96 valence electrons. The molecule has 1 aromatic carbocycles. The monoisotopic (exact) mass is 291 g/mol. The van der Waals surface area contributed by atoms with Gasteiger partial charge in [-0.3, -0.25) is 0 Å². The predicted octanol–water partition coefficient (Wildman–Crippen LogP) is 4.17. The maximum atomic E-state index is 10.8. The minimum absolute atomic E-state index is 0.235. The fraction of sp³-hybridized carbons (Fsp3) is 0.0714. The van der Waals surface area contributed by atoms with Gasteiger partial charge in [0, 0.05) is 21.7 Å². The first-order valence-corrected chi connectivity index (χ1v) is 6.90. The molecule has 0 bridgehead atoms. The molecule has 0 unspecified atom stereocenters. The molecule has 0 aliphatic heterocycles. The van der Waals surface area contributed by atoms with E-state index < -0.39 is 5.97 Å². The van der Waals surface area contributed by atoms with Gasteiger partial charge in [0.1, 0.15) is 10.5 Å². The number of hydrogen-bond acceptors (Lipinski definition) is 2. The second-order valence-electron chi connectivity index (χ2n) is 4.29. The van der Waals surface area contributed by atoms with Gasteiger partial charge in [-0.1, -0.05) is 23.7 Å². The van der Waals surface area contributed by atoms with Crippen molar-refractivity contribution >= 4 is 39.1 Å². The van der Waals surface area contributed by atoms with Crippen molar-refractivity contribution in [2.45, 2.75) is 6.42 Å². The molecule has 0 spiro atoms. The van der Waals surface area contributed by atoms with E-state index in [1.54, 1.807) is 17.4 Å². The summed E-state index contributed by atoms with van der Waals surface area (Å²) in [5.41, 5.74) is 1.42. The van der Waals surface area contributed by atoms with Gasteiger partial charge in [0.15, 0.2) is 0 Å². The first-order valence-electron chi connectivity index (χ1n) is 5.71. The van der Waals surface area contributed by atoms with E-state index in [-0.39, 0.29) is 5.69 Å². The molecule has 0 amide bonds. The molecule has 2 heterocycles. The summed E-state index contributed by atoms with van der Waals surface area (Å²) in [6, 6.07) is 11.4. The van der Waals surface area contributed by atoms with E-state index in [1.807, 2.05) is 30.3 Å². The molecule has 19 heavy (non-hydrogen) atoms. The van der Waals surface area contributed by atoms with Crippen molar-refractivity contribution in [1.82, 2.24) is 4.98 Å². The summed E-state index contributed by atoms with van der Waals surface area (Å²) < 4.78 is 0. The Morgan fingerprint density at radius 2 is 2.00 bits per heavy atom. The molecular formula is C14H10ClNO2S. The second kappa shape index (κ2) is 4.72. The van der Waals surface area contributed by atoms with E-state index in [4.69, 9.17) is 16.7 Å². The van der Waals surface area contributed by atoms with Crippen LogP contribution in [0.1, 0.15) is 20.9 Å². The summed E-state index contributed by atoms with van der Waals surface area (Å²) in [5, 5.41) is 10.6. The molecule has 0 atom stereocenters. The third kappa shape index (κ3) is 2.50. The molecule has 3 nitrogen and oxygen atoms in total. The highest BCUT2D eigenvalue weighted by molar-refractivity contribution is 7.18. The van der Waals surface area contributed by atoms with Crippen LogP contribution in [-0.4, -0.2) is 16.1 Å². The number of carbonyl (C=O) groups is 1. The lowest BCUT2D eigenvalue weighted by Crippen LogP contribution is -1.94. The lowest BCUT2D eigenvalue weighted by Gasteiger charge is -1.98. The van der Waals surface area contributed by atoms with Crippen molar-refractivity contribution in [3.63, 3.8) is 0 Å². The third-order valence-corrected chi connectivity index (χ3v) is 4.20. The average Bonchev–Trinajstić information content (AvgIpc) is 2.90. The lowest BCUT2D eigenvalue weighted by atomic mass is 10.1. The Labute approximate surface area is 118 Å². The largest absolute Gasteiger partial charge is 0.477 e. The number of benzene rings is 1. The van der Waals surface area contributed by atoms with Gasteiger partial charge in [-0.2, -0.15) is 0 Å². The summed E-state index contributed by atoms with van der Waals surface area (Å²) in [5.74, 6) is -0.928. The van der Waals surface area contributed by atoms with Crippen molar-refractivity contribution < 1.29 is 9.90 Å². The SMILES string of the molecule is O=C(O)c1cc2cc(Cc3ccc(Cl)cc3)sc2[nH]1. The van der Waals surface area contributed by atoms with Crippen molar-refractivity contribution in [3.05, 3.63) is 57.6 Å². The van der Waals surface area contributed by atoms with Crippen molar-refractivity contribution in [3.8, 4) is 0 Å². The zero-order valence-electron chi connectivity index (χ0n) is 9.81. The molecule has 0 saturated carbocycles. The fourth-order valence-electron chi connectivity index (χ4n) is 1.98. The number of aromatic carboxylic acids is 1. The third-order valence-electron chi connectivity index (χ3n) is 2.88. The number of H-pyrrole nitrogens is 1. The van der Waals surface area contributed by atoms with E-state index in [9.17, 15) is 4.79 Å². The van der Waals surface area contributed by atoms with Gasteiger partial charge in [-0.05, 0) is 29.8 Å². The van der Waals surface area contributed by atoms with E-state index in [1.165, 1.54) is 10.4 Å². The lowest BCUT2D eigenvalue weighted by molar-refractivity contribution is 0.0691. The summed E-state index contributed by atoms with van der Waals surface area (Å²) >= 11 is 7.43. The highest BCUT2D eigenvalue weighted by Gasteiger charge is 2.10. The van der Waals surface area contributed by atoms with Gasteiger partial charge in [0.2, 0.25) is 0 Å². The molecule has 2 aromatic heterocycles. The van der Waals surface area contributed by atoms with Gasteiger partial charge in [-0.15, -0.1) is 11.3 Å². The van der Waals surface area contributed by atoms with Crippen LogP contribution in [0.2, 0.25) is 5.02 Å². The van der Waals surface area contributed by atoms with Crippen LogP contribution in [0.25, 0.3) is 10.2 Å². The number of carboxylic acids is 1. The van der Waals surface area contributed by atoms with E-state index >= 15 is 0 Å². The van der Waals surface area contributed by atoms with Gasteiger partial charge in [0.25, 0.3) is 0 Å². The normalized spacial score (nSPS) is 11.0. The minimum Gasteiger partial charge on any atom is -0.477 e. The van der Waals surface area contributed by atoms with Gasteiger partial charge in [-0.25, -0.2) is 4.79 Å². The van der Waals surface area contributed by atoms with Gasteiger partial charge in [0.05, 0.1) is 0 Å². The Hall–Kier alpha value is -1.78. The highest BCUT2D eigenvalue weighted by atomic mass is 35.5. The van der Waals surface area contributed by atoms with Crippen LogP contribution in [-0.2, 0) is 6.42 Å². The fourth-order valence-corrected chi connectivity index (χ4v) is 3.19. The molecule has 0 fully saturated rings. The molecule has 2 N–H and O–H groups in total. The molecule has 0 radical (unpaired) electrons. The molecule has 0 aliphatic rings. The van der Waals surface area contributed by atoms with Crippen LogP contribution in [0.15, 0.2) is 36.4 Å². The maximum absolute atomic E-state index is 10.8. The van der Waals surface area contributed by atoms with Crippen LogP contribution in [0, 0.1) is 0 Å². The van der Waals surface area contributed by atoms with E-state index in [0.717, 1.165) is 21.7 Å². The summed E-state index contributed by atoms with van der Waals surface area (Å²) in [4.78, 5) is 15.8. The van der Waals surface area contributed by atoms with Crippen molar-refractivity contribution in [2.75, 3.05) is 0 Å². The quantitative estimate of drug-likeness (QED) is 0.761. The zero-order chi connectivity index (χ0) is 13.4. The number of thiophene rings is 1. The minimum atomic E-state index is -0.928. The van der Waals surface area contributed by atoms with Crippen molar-refractivity contribution in [1.29, 1.82) is 0 Å². The first-order chi connectivity index (χ1) is 9.11. The molecule has 0 saturated heterocycles. The van der Waals surface area contributed by atoms with E-state index in [0.29, 0.717) is 0 Å². The first kappa shape index (κ1) is 12.3. The smallest absolute Gasteiger partial charge is 0.352 e. The number of fused-ring (bicyclic) bond motifs is 1. The van der Waals surface area contributed by atoms with Crippen LogP contribution < -0.4 is 0 Å². The standard InChI is InChI=1S/C14H10ClNO2S/c15-10-3-1-8(2-4-10)5-11-6-9-7-12(14(17)18)16-13(9)19-11/h1-4,6-7,16H,5H2,(H,17,18). The Balaban J connectivity index is 1.87. The molecule has 5 heteroatoms. The second-order valence-corrected chi connectivity index (χ2v) is 5.86. The number of aromatic amines is 1. The van der Waals surface area contributed by atoms with Crippen LogP contribution in [0.5, 0.6) is 0 Å². The summed E-state index contributed by atoms with van der Waals surface area (Å²) in [7, 11) is 0. The maximum Gasteiger partial charge on any atom is 0.352 e. The summed E-state index contributed by atoms with van der Waals surface area (Å²) in [6.45, 7) is 0. The molecular weight excluding hydrogens is 282 g/mol. The Kier molecular flexibility index (Phi) is 3.05. The average molecular weight is 292 g/mol. The van der Waals surface area contributed by atoms with Gasteiger partial charge >= 0.3 is 5.97 Å². The summed E-state index contributed by atoms with van der Waals surface area (Å²) in [6.07, 6.45) is 0.826. The number of nitrogens with one attached hydrogen (secondary N) is 1.